The van der Waals surface area contributed by atoms with E-state index in [2.05, 4.69) is 10.2 Å². The fourth-order valence-corrected chi connectivity index (χ4v) is 2.40. The third-order valence-corrected chi connectivity index (χ3v) is 3.42. The molecular weight excluding hydrogens is 262 g/mol. The van der Waals surface area contributed by atoms with Crippen LogP contribution in [0.5, 0.6) is 0 Å². The summed E-state index contributed by atoms with van der Waals surface area (Å²) in [6, 6.07) is 6.24. The molecule has 0 saturated carbocycles. The van der Waals surface area contributed by atoms with E-state index >= 15 is 0 Å². The number of amides is 1. The topological polar surface area (TPSA) is 58.4 Å². The summed E-state index contributed by atoms with van der Waals surface area (Å²) in [6.07, 6.45) is 0.983. The number of rotatable bonds is 3. The van der Waals surface area contributed by atoms with Crippen molar-refractivity contribution in [1.29, 1.82) is 0 Å². The van der Waals surface area contributed by atoms with Gasteiger partial charge in [0.05, 0.1) is 6.54 Å². The summed E-state index contributed by atoms with van der Waals surface area (Å²) < 4.78 is 0. The highest BCUT2D eigenvalue weighted by Crippen LogP contribution is 2.19. The van der Waals surface area contributed by atoms with Gasteiger partial charge in [-0.1, -0.05) is 18.2 Å². The van der Waals surface area contributed by atoms with Crippen LogP contribution in [0.3, 0.4) is 0 Å². The quantitative estimate of drug-likeness (QED) is 0.888. The average Bonchev–Trinajstić information content (AvgIpc) is 2.69. The van der Waals surface area contributed by atoms with Gasteiger partial charge in [-0.3, -0.25) is 9.69 Å². The lowest BCUT2D eigenvalue weighted by Crippen LogP contribution is -2.33. The lowest BCUT2D eigenvalue weighted by atomic mass is 10.1. The zero-order valence-electron chi connectivity index (χ0n) is 11.5. The number of likely N-dealkylation sites (tertiary alicyclic amines) is 1. The van der Waals surface area contributed by atoms with Gasteiger partial charge in [-0.2, -0.15) is 0 Å². The fourth-order valence-electron chi connectivity index (χ4n) is 2.40. The van der Waals surface area contributed by atoms with Crippen molar-refractivity contribution < 1.29 is 4.79 Å². The van der Waals surface area contributed by atoms with Crippen molar-refractivity contribution in [3.63, 3.8) is 0 Å². The first-order valence-corrected chi connectivity index (χ1v) is 6.40. The maximum atomic E-state index is 12.0. The number of nitrogens with zero attached hydrogens (tertiary/aromatic N) is 1. The first-order chi connectivity index (χ1) is 8.56. The molecule has 0 radical (unpaired) electrons. The van der Waals surface area contributed by atoms with E-state index in [0.717, 1.165) is 36.3 Å². The van der Waals surface area contributed by atoms with Crippen LogP contribution in [0.2, 0.25) is 0 Å². The Morgan fingerprint density at radius 3 is 2.58 bits per heavy atom. The SMILES string of the molecule is Cc1cccc(C)c1NC(=O)CN1CCC(N)C1.Cl. The molecule has 1 unspecified atom stereocenters. The predicted molar refractivity (Wildman–Crippen MR) is 80.8 cm³/mol. The highest BCUT2D eigenvalue weighted by molar-refractivity contribution is 5.93. The molecule has 1 saturated heterocycles. The molecule has 0 bridgehead atoms. The Bertz CT molecular complexity index is 430. The van der Waals surface area contributed by atoms with Crippen molar-refractivity contribution >= 4 is 24.0 Å². The van der Waals surface area contributed by atoms with Gasteiger partial charge in [-0.15, -0.1) is 12.4 Å². The van der Waals surface area contributed by atoms with E-state index in [9.17, 15) is 4.79 Å². The molecule has 1 aliphatic rings. The van der Waals surface area contributed by atoms with E-state index in [1.54, 1.807) is 0 Å². The average molecular weight is 284 g/mol. The highest BCUT2D eigenvalue weighted by Gasteiger charge is 2.21. The lowest BCUT2D eigenvalue weighted by molar-refractivity contribution is -0.117. The third-order valence-electron chi connectivity index (χ3n) is 3.42. The zero-order valence-corrected chi connectivity index (χ0v) is 12.3. The van der Waals surface area contributed by atoms with Gasteiger partial charge in [0.1, 0.15) is 0 Å². The Kier molecular flexibility index (Phi) is 5.79. The minimum atomic E-state index is 0. The maximum Gasteiger partial charge on any atom is 0.238 e. The van der Waals surface area contributed by atoms with E-state index < -0.39 is 0 Å². The molecule has 1 fully saturated rings. The molecule has 5 heteroatoms. The first-order valence-electron chi connectivity index (χ1n) is 6.40. The van der Waals surface area contributed by atoms with Crippen LogP contribution in [0.4, 0.5) is 5.69 Å². The van der Waals surface area contributed by atoms with Crippen LogP contribution in [-0.2, 0) is 4.79 Å². The van der Waals surface area contributed by atoms with Crippen LogP contribution in [0, 0.1) is 13.8 Å². The standard InChI is InChI=1S/C14H21N3O.ClH/c1-10-4-3-5-11(2)14(10)16-13(18)9-17-7-6-12(15)8-17;/h3-5,12H,6-9,15H2,1-2H3,(H,16,18);1H. The second-order valence-electron chi connectivity index (χ2n) is 5.10. The van der Waals surface area contributed by atoms with Gasteiger partial charge in [0.15, 0.2) is 0 Å². The second-order valence-corrected chi connectivity index (χ2v) is 5.10. The van der Waals surface area contributed by atoms with Crippen molar-refractivity contribution in [1.82, 2.24) is 4.90 Å². The molecule has 2 rings (SSSR count). The van der Waals surface area contributed by atoms with E-state index in [1.165, 1.54) is 0 Å². The molecule has 1 amide bonds. The minimum Gasteiger partial charge on any atom is -0.326 e. The van der Waals surface area contributed by atoms with Gasteiger partial charge in [0.25, 0.3) is 0 Å². The molecule has 0 aliphatic carbocycles. The van der Waals surface area contributed by atoms with Crippen LogP contribution < -0.4 is 11.1 Å². The summed E-state index contributed by atoms with van der Waals surface area (Å²) in [4.78, 5) is 14.1. The van der Waals surface area contributed by atoms with Gasteiger partial charge in [-0.25, -0.2) is 0 Å². The number of hydrogen-bond donors (Lipinski definition) is 2. The summed E-state index contributed by atoms with van der Waals surface area (Å²) in [7, 11) is 0. The molecule has 1 aromatic carbocycles. The number of para-hydroxylation sites is 1. The Morgan fingerprint density at radius 2 is 2.05 bits per heavy atom. The summed E-state index contributed by atoms with van der Waals surface area (Å²) >= 11 is 0. The summed E-state index contributed by atoms with van der Waals surface area (Å²) in [5.41, 5.74) is 8.96. The molecule has 106 valence electrons. The maximum absolute atomic E-state index is 12.0. The van der Waals surface area contributed by atoms with Crippen LogP contribution in [0.15, 0.2) is 18.2 Å². The minimum absolute atomic E-state index is 0. The molecule has 1 atom stereocenters. The Morgan fingerprint density at radius 1 is 1.42 bits per heavy atom. The van der Waals surface area contributed by atoms with Crippen LogP contribution in [-0.4, -0.2) is 36.5 Å². The summed E-state index contributed by atoms with van der Waals surface area (Å²) in [6.45, 7) is 6.19. The van der Waals surface area contributed by atoms with E-state index in [0.29, 0.717) is 6.54 Å². The van der Waals surface area contributed by atoms with Gasteiger partial charge in [0, 0.05) is 24.8 Å². The van der Waals surface area contributed by atoms with E-state index in [-0.39, 0.29) is 24.4 Å². The van der Waals surface area contributed by atoms with Gasteiger partial charge >= 0.3 is 0 Å². The van der Waals surface area contributed by atoms with Crippen molar-refractivity contribution in [3.05, 3.63) is 29.3 Å². The molecule has 0 spiro atoms. The molecular formula is C14H22ClN3O. The van der Waals surface area contributed by atoms with E-state index in [1.807, 2.05) is 32.0 Å². The smallest absolute Gasteiger partial charge is 0.238 e. The first kappa shape index (κ1) is 16.0. The summed E-state index contributed by atoms with van der Waals surface area (Å²) in [5.74, 6) is 0.0431. The number of anilines is 1. The van der Waals surface area contributed by atoms with Crippen LogP contribution >= 0.6 is 12.4 Å². The van der Waals surface area contributed by atoms with Gasteiger partial charge in [-0.05, 0) is 31.4 Å². The Balaban J connectivity index is 0.00000180. The van der Waals surface area contributed by atoms with E-state index in [4.69, 9.17) is 5.73 Å². The normalized spacial score (nSPS) is 19.0. The molecule has 1 aliphatic heterocycles. The molecule has 19 heavy (non-hydrogen) atoms. The fraction of sp³-hybridized carbons (Fsp3) is 0.500. The predicted octanol–water partition coefficient (Wildman–Crippen LogP) is 1.70. The number of aryl methyl sites for hydroxylation is 2. The number of nitrogens with one attached hydrogen (secondary N) is 1. The highest BCUT2D eigenvalue weighted by atomic mass is 35.5. The number of nitrogens with two attached hydrogens (primary N) is 1. The number of hydrogen-bond acceptors (Lipinski definition) is 3. The van der Waals surface area contributed by atoms with Crippen molar-refractivity contribution in [2.45, 2.75) is 26.3 Å². The van der Waals surface area contributed by atoms with Gasteiger partial charge < -0.3 is 11.1 Å². The molecule has 4 nitrogen and oxygen atoms in total. The van der Waals surface area contributed by atoms with Gasteiger partial charge in [0.2, 0.25) is 5.91 Å². The number of carbonyl (C=O) groups excluding carboxylic acids is 1. The largest absolute Gasteiger partial charge is 0.326 e. The third kappa shape index (κ3) is 4.20. The van der Waals surface area contributed by atoms with Crippen molar-refractivity contribution in [2.24, 2.45) is 5.73 Å². The van der Waals surface area contributed by atoms with Crippen LogP contribution in [0.25, 0.3) is 0 Å². The van der Waals surface area contributed by atoms with Crippen molar-refractivity contribution in [3.8, 4) is 0 Å². The molecule has 0 aromatic heterocycles. The molecule has 3 N–H and O–H groups in total. The monoisotopic (exact) mass is 283 g/mol. The molecule has 1 aromatic rings. The second kappa shape index (κ2) is 6.89. The number of carbonyl (C=O) groups is 1. The molecule has 1 heterocycles. The Labute approximate surface area is 120 Å². The van der Waals surface area contributed by atoms with Crippen LogP contribution in [0.1, 0.15) is 17.5 Å². The van der Waals surface area contributed by atoms with Crippen molar-refractivity contribution in [2.75, 3.05) is 25.0 Å². The summed E-state index contributed by atoms with van der Waals surface area (Å²) in [5, 5.41) is 3.00. The lowest BCUT2D eigenvalue weighted by Gasteiger charge is -2.16. The zero-order chi connectivity index (χ0) is 13.1. The Hall–Kier alpha value is -1.10. The number of halogens is 1. The number of benzene rings is 1.